The van der Waals surface area contributed by atoms with Crippen molar-refractivity contribution in [2.75, 3.05) is 26.4 Å². The molecule has 0 atom stereocenters. The summed E-state index contributed by atoms with van der Waals surface area (Å²) in [6.45, 7) is 3.97. The number of ether oxygens (including phenoxy) is 2. The van der Waals surface area contributed by atoms with Crippen molar-refractivity contribution in [2.24, 2.45) is 4.99 Å². The zero-order chi connectivity index (χ0) is 17.7. The van der Waals surface area contributed by atoms with Crippen LogP contribution in [0.1, 0.15) is 28.6 Å². The van der Waals surface area contributed by atoms with Crippen molar-refractivity contribution in [2.45, 2.75) is 19.8 Å². The summed E-state index contributed by atoms with van der Waals surface area (Å²) in [5, 5.41) is 4.60. The summed E-state index contributed by atoms with van der Waals surface area (Å²) in [7, 11) is 0. The molecule has 2 aromatic rings. The van der Waals surface area contributed by atoms with Gasteiger partial charge in [0.25, 0.3) is 11.9 Å². The van der Waals surface area contributed by atoms with Crippen LogP contribution in [0.5, 0.6) is 0 Å². The van der Waals surface area contributed by atoms with Crippen molar-refractivity contribution in [1.82, 2.24) is 5.32 Å². The summed E-state index contributed by atoms with van der Waals surface area (Å²) in [5.74, 6) is -0.201. The predicted molar refractivity (Wildman–Crippen MR) is 101 cm³/mol. The van der Waals surface area contributed by atoms with Crippen LogP contribution in [-0.4, -0.2) is 38.3 Å². The normalized spacial score (nSPS) is 11.3. The van der Waals surface area contributed by atoms with E-state index in [-0.39, 0.29) is 11.9 Å². The highest BCUT2D eigenvalue weighted by Gasteiger charge is 2.10. The van der Waals surface area contributed by atoms with Crippen LogP contribution in [-0.2, 0) is 15.9 Å². The van der Waals surface area contributed by atoms with Gasteiger partial charge in [0.1, 0.15) is 6.61 Å². The van der Waals surface area contributed by atoms with Gasteiger partial charge in [-0.25, -0.2) is 4.99 Å². The Hall–Kier alpha value is -2.18. The average Bonchev–Trinajstić information content (AvgIpc) is 3.17. The van der Waals surface area contributed by atoms with Gasteiger partial charge in [0.15, 0.2) is 0 Å². The molecule has 0 fully saturated rings. The Morgan fingerprint density at radius 1 is 1.16 bits per heavy atom. The zero-order valence-electron chi connectivity index (χ0n) is 14.4. The second-order valence-electron chi connectivity index (χ2n) is 5.25. The van der Waals surface area contributed by atoms with Crippen LogP contribution in [0.4, 0.5) is 0 Å². The highest BCUT2D eigenvalue weighted by atomic mass is 32.1. The lowest BCUT2D eigenvalue weighted by Gasteiger charge is -2.10. The first-order chi connectivity index (χ1) is 12.3. The molecule has 0 spiro atoms. The van der Waals surface area contributed by atoms with Gasteiger partial charge in [0, 0.05) is 13.2 Å². The minimum Gasteiger partial charge on any atom is -0.463 e. The molecule has 0 aliphatic rings. The number of aryl methyl sites for hydroxylation is 1. The number of carbonyl (C=O) groups is 1. The Balaban J connectivity index is 1.84. The van der Waals surface area contributed by atoms with Crippen molar-refractivity contribution < 1.29 is 14.3 Å². The SMILES string of the molecule is CCOCCOC(=NCCCc1ccccc1)NC(=O)c1cccs1. The molecule has 0 aliphatic heterocycles. The third-order valence-corrected chi connectivity index (χ3v) is 4.23. The number of benzene rings is 1. The molecule has 0 saturated carbocycles. The van der Waals surface area contributed by atoms with E-state index >= 15 is 0 Å². The molecular weight excluding hydrogens is 336 g/mol. The van der Waals surface area contributed by atoms with Crippen LogP contribution in [0.25, 0.3) is 0 Å². The number of thiophene rings is 1. The lowest BCUT2D eigenvalue weighted by atomic mass is 10.1. The molecule has 1 heterocycles. The Morgan fingerprint density at radius 3 is 2.72 bits per heavy atom. The number of carbonyl (C=O) groups excluding carboxylic acids is 1. The quantitative estimate of drug-likeness (QED) is 0.423. The first-order valence-electron chi connectivity index (χ1n) is 8.43. The number of hydrogen-bond acceptors (Lipinski definition) is 5. The van der Waals surface area contributed by atoms with Crippen LogP contribution in [0.3, 0.4) is 0 Å². The van der Waals surface area contributed by atoms with E-state index in [0.29, 0.717) is 31.2 Å². The van der Waals surface area contributed by atoms with Gasteiger partial charge in [0.2, 0.25) is 0 Å². The first-order valence-corrected chi connectivity index (χ1v) is 9.31. The molecule has 0 radical (unpaired) electrons. The third-order valence-electron chi connectivity index (χ3n) is 3.36. The van der Waals surface area contributed by atoms with E-state index in [1.54, 1.807) is 6.07 Å². The monoisotopic (exact) mass is 360 g/mol. The summed E-state index contributed by atoms with van der Waals surface area (Å²) in [6, 6.07) is 14.1. The molecule has 2 rings (SSSR count). The maximum Gasteiger partial charge on any atom is 0.291 e. The Morgan fingerprint density at radius 2 is 2.00 bits per heavy atom. The fourth-order valence-electron chi connectivity index (χ4n) is 2.14. The van der Waals surface area contributed by atoms with Crippen LogP contribution in [0.2, 0.25) is 0 Å². The molecular formula is C19H24N2O3S. The zero-order valence-corrected chi connectivity index (χ0v) is 15.3. The molecule has 1 aromatic carbocycles. The van der Waals surface area contributed by atoms with E-state index in [4.69, 9.17) is 9.47 Å². The molecule has 0 bridgehead atoms. The largest absolute Gasteiger partial charge is 0.463 e. The van der Waals surface area contributed by atoms with E-state index in [1.165, 1.54) is 16.9 Å². The summed E-state index contributed by atoms with van der Waals surface area (Å²) in [4.78, 5) is 17.2. The number of nitrogens with zero attached hydrogens (tertiary/aromatic N) is 1. The maximum atomic E-state index is 12.2. The van der Waals surface area contributed by atoms with Gasteiger partial charge in [-0.3, -0.25) is 10.1 Å². The third kappa shape index (κ3) is 7.49. The number of aliphatic imine (C=N–C) groups is 1. The van der Waals surface area contributed by atoms with E-state index in [1.807, 2.05) is 36.6 Å². The fourth-order valence-corrected chi connectivity index (χ4v) is 2.76. The van der Waals surface area contributed by atoms with Gasteiger partial charge < -0.3 is 9.47 Å². The molecule has 0 aliphatic carbocycles. The molecule has 1 amide bonds. The predicted octanol–water partition coefficient (Wildman–Crippen LogP) is 3.52. The molecule has 6 heteroatoms. The van der Waals surface area contributed by atoms with Crippen molar-refractivity contribution >= 4 is 23.3 Å². The smallest absolute Gasteiger partial charge is 0.291 e. The van der Waals surface area contributed by atoms with Crippen LogP contribution in [0, 0.1) is 0 Å². The Labute approximate surface area is 152 Å². The van der Waals surface area contributed by atoms with Crippen molar-refractivity contribution in [1.29, 1.82) is 0 Å². The second kappa shape index (κ2) is 11.4. The summed E-state index contributed by atoms with van der Waals surface area (Å²) < 4.78 is 10.8. The number of hydrogen-bond donors (Lipinski definition) is 1. The van der Waals surface area contributed by atoms with E-state index in [9.17, 15) is 4.79 Å². The van der Waals surface area contributed by atoms with Crippen LogP contribution in [0.15, 0.2) is 52.8 Å². The number of nitrogens with one attached hydrogen (secondary N) is 1. The second-order valence-corrected chi connectivity index (χ2v) is 6.20. The van der Waals surface area contributed by atoms with Gasteiger partial charge in [-0.05, 0) is 36.8 Å². The van der Waals surface area contributed by atoms with Crippen LogP contribution >= 0.6 is 11.3 Å². The topological polar surface area (TPSA) is 59.9 Å². The molecule has 0 saturated heterocycles. The van der Waals surface area contributed by atoms with E-state index in [0.717, 1.165) is 12.8 Å². The highest BCUT2D eigenvalue weighted by molar-refractivity contribution is 7.12. The summed E-state index contributed by atoms with van der Waals surface area (Å²) in [5.41, 5.74) is 1.28. The average molecular weight is 360 g/mol. The molecule has 25 heavy (non-hydrogen) atoms. The van der Waals surface area contributed by atoms with Gasteiger partial charge in [-0.1, -0.05) is 36.4 Å². The van der Waals surface area contributed by atoms with Crippen LogP contribution < -0.4 is 5.32 Å². The number of amides is 1. The number of rotatable bonds is 9. The standard InChI is InChI=1S/C19H24N2O3S/c1-2-23-13-14-24-19(21-18(22)17-11-7-15-25-17)20-12-6-10-16-8-4-3-5-9-16/h3-5,7-9,11,15H,2,6,10,12-14H2,1H3,(H,20,21,22). The molecule has 1 aromatic heterocycles. The van der Waals surface area contributed by atoms with Crippen molar-refractivity contribution in [3.8, 4) is 0 Å². The lowest BCUT2D eigenvalue weighted by Crippen LogP contribution is -2.33. The summed E-state index contributed by atoms with van der Waals surface area (Å²) >= 11 is 1.38. The number of amidine groups is 1. The summed E-state index contributed by atoms with van der Waals surface area (Å²) in [6.07, 6.45) is 1.83. The molecule has 1 N–H and O–H groups in total. The minimum atomic E-state index is -0.201. The highest BCUT2D eigenvalue weighted by Crippen LogP contribution is 2.08. The van der Waals surface area contributed by atoms with E-state index < -0.39 is 0 Å². The van der Waals surface area contributed by atoms with Gasteiger partial charge >= 0.3 is 0 Å². The lowest BCUT2D eigenvalue weighted by molar-refractivity contribution is 0.0925. The molecule has 0 unspecified atom stereocenters. The fraction of sp³-hybridized carbons (Fsp3) is 0.368. The Bertz CT molecular complexity index is 642. The molecule has 5 nitrogen and oxygen atoms in total. The maximum absolute atomic E-state index is 12.2. The first kappa shape index (κ1) is 19.1. The van der Waals surface area contributed by atoms with Gasteiger partial charge in [-0.15, -0.1) is 11.3 Å². The van der Waals surface area contributed by atoms with Crippen molar-refractivity contribution in [3.05, 3.63) is 58.3 Å². The van der Waals surface area contributed by atoms with Crippen molar-refractivity contribution in [3.63, 3.8) is 0 Å². The van der Waals surface area contributed by atoms with Gasteiger partial charge in [0.05, 0.1) is 11.5 Å². The van der Waals surface area contributed by atoms with Gasteiger partial charge in [-0.2, -0.15) is 0 Å². The molecule has 134 valence electrons. The Kier molecular flexibility index (Phi) is 8.72. The minimum absolute atomic E-state index is 0.201. The van der Waals surface area contributed by atoms with E-state index in [2.05, 4.69) is 22.4 Å².